The lowest BCUT2D eigenvalue weighted by Crippen LogP contribution is -2.27. The van der Waals surface area contributed by atoms with Crippen LogP contribution in [-0.2, 0) is 6.54 Å². The van der Waals surface area contributed by atoms with Crippen LogP contribution in [0.5, 0.6) is 0 Å². The fourth-order valence-corrected chi connectivity index (χ4v) is 2.97. The lowest BCUT2D eigenvalue weighted by molar-refractivity contribution is 0.0945. The molecule has 136 valence electrons. The number of anilines is 2. The number of para-hydroxylation sites is 1. The van der Waals surface area contributed by atoms with Gasteiger partial charge in [-0.1, -0.05) is 48.5 Å². The summed E-state index contributed by atoms with van der Waals surface area (Å²) in [6.45, 7) is 2.48. The maximum absolute atomic E-state index is 12.5. The number of hydrogen-bond acceptors (Lipinski definition) is 4. The third-order valence-electron chi connectivity index (χ3n) is 4.50. The highest BCUT2D eigenvalue weighted by atomic mass is 16.2. The van der Waals surface area contributed by atoms with Crippen LogP contribution in [0.4, 0.5) is 11.5 Å². The molecule has 1 aromatic heterocycles. The van der Waals surface area contributed by atoms with Crippen molar-refractivity contribution in [1.82, 2.24) is 15.3 Å². The number of aromatic nitrogens is 2. The number of nitrogens with zero attached hydrogens (tertiary/aromatic N) is 3. The SMILES string of the molecule is Cc1nc(C(=O)NC2CC2)cc(N(Cc2ccccc2)c2ccccc2)n1. The first kappa shape index (κ1) is 17.2. The molecule has 1 amide bonds. The van der Waals surface area contributed by atoms with Crippen molar-refractivity contribution in [3.05, 3.63) is 83.8 Å². The van der Waals surface area contributed by atoms with E-state index in [1.165, 1.54) is 5.56 Å². The quantitative estimate of drug-likeness (QED) is 0.723. The largest absolute Gasteiger partial charge is 0.348 e. The summed E-state index contributed by atoms with van der Waals surface area (Å²) in [7, 11) is 0. The topological polar surface area (TPSA) is 58.1 Å². The highest BCUT2D eigenvalue weighted by Gasteiger charge is 2.25. The average Bonchev–Trinajstić information content (AvgIpc) is 3.51. The van der Waals surface area contributed by atoms with Crippen LogP contribution >= 0.6 is 0 Å². The van der Waals surface area contributed by atoms with E-state index >= 15 is 0 Å². The van der Waals surface area contributed by atoms with E-state index in [-0.39, 0.29) is 5.91 Å². The second-order valence-electron chi connectivity index (χ2n) is 6.81. The fourth-order valence-electron chi connectivity index (χ4n) is 2.97. The molecule has 0 radical (unpaired) electrons. The molecule has 1 fully saturated rings. The first-order valence-electron chi connectivity index (χ1n) is 9.22. The van der Waals surface area contributed by atoms with Crippen molar-refractivity contribution >= 4 is 17.4 Å². The Morgan fingerprint density at radius 1 is 1.04 bits per heavy atom. The second-order valence-corrected chi connectivity index (χ2v) is 6.81. The van der Waals surface area contributed by atoms with Crippen molar-refractivity contribution in [3.63, 3.8) is 0 Å². The number of aryl methyl sites for hydroxylation is 1. The van der Waals surface area contributed by atoms with Gasteiger partial charge in [0.25, 0.3) is 5.91 Å². The monoisotopic (exact) mass is 358 g/mol. The second kappa shape index (κ2) is 7.58. The van der Waals surface area contributed by atoms with Gasteiger partial charge in [0.2, 0.25) is 0 Å². The Hall–Kier alpha value is -3.21. The summed E-state index contributed by atoms with van der Waals surface area (Å²) >= 11 is 0. The molecule has 0 aliphatic heterocycles. The molecule has 3 aromatic rings. The molecule has 0 unspecified atom stereocenters. The van der Waals surface area contributed by atoms with E-state index in [2.05, 4.69) is 32.3 Å². The van der Waals surface area contributed by atoms with Crippen LogP contribution in [0.15, 0.2) is 66.7 Å². The first-order chi connectivity index (χ1) is 13.2. The summed E-state index contributed by atoms with van der Waals surface area (Å²) in [5.74, 6) is 1.18. The molecule has 0 bridgehead atoms. The summed E-state index contributed by atoms with van der Waals surface area (Å²) in [6.07, 6.45) is 2.10. The van der Waals surface area contributed by atoms with Gasteiger partial charge in [0.1, 0.15) is 17.3 Å². The standard InChI is InChI=1S/C22H22N4O/c1-16-23-20(22(27)25-18-12-13-18)14-21(24-16)26(19-10-6-3-7-11-19)15-17-8-4-2-5-9-17/h2-11,14,18H,12-13,15H2,1H3,(H,25,27). The number of hydrogen-bond donors (Lipinski definition) is 1. The highest BCUT2D eigenvalue weighted by Crippen LogP contribution is 2.27. The maximum Gasteiger partial charge on any atom is 0.270 e. The van der Waals surface area contributed by atoms with Crippen LogP contribution < -0.4 is 10.2 Å². The summed E-state index contributed by atoms with van der Waals surface area (Å²) in [5, 5.41) is 3.01. The molecule has 27 heavy (non-hydrogen) atoms. The zero-order valence-corrected chi connectivity index (χ0v) is 15.3. The normalized spacial score (nSPS) is 13.2. The Kier molecular flexibility index (Phi) is 4.83. The van der Waals surface area contributed by atoms with Crippen molar-refractivity contribution in [1.29, 1.82) is 0 Å². The number of amides is 1. The van der Waals surface area contributed by atoms with Crippen molar-refractivity contribution in [2.45, 2.75) is 32.4 Å². The fraction of sp³-hybridized carbons (Fsp3) is 0.227. The van der Waals surface area contributed by atoms with Gasteiger partial charge in [0, 0.05) is 24.3 Å². The number of benzene rings is 2. The molecule has 4 rings (SSSR count). The summed E-state index contributed by atoms with van der Waals surface area (Å²) in [4.78, 5) is 23.6. The maximum atomic E-state index is 12.5. The number of carbonyl (C=O) groups is 1. The molecule has 1 N–H and O–H groups in total. The molecule has 0 atom stereocenters. The summed E-state index contributed by atoms with van der Waals surface area (Å²) < 4.78 is 0. The van der Waals surface area contributed by atoms with Gasteiger partial charge in [-0.2, -0.15) is 0 Å². The molecular formula is C22H22N4O. The first-order valence-corrected chi connectivity index (χ1v) is 9.22. The Labute approximate surface area is 159 Å². The third-order valence-corrected chi connectivity index (χ3v) is 4.50. The van der Waals surface area contributed by atoms with Crippen LogP contribution in [-0.4, -0.2) is 21.9 Å². The minimum atomic E-state index is -0.128. The van der Waals surface area contributed by atoms with E-state index in [0.29, 0.717) is 24.1 Å². The number of carbonyl (C=O) groups excluding carboxylic acids is 1. The lowest BCUT2D eigenvalue weighted by Gasteiger charge is -2.24. The molecule has 1 saturated carbocycles. The Morgan fingerprint density at radius 3 is 2.37 bits per heavy atom. The van der Waals surface area contributed by atoms with E-state index in [1.54, 1.807) is 6.07 Å². The minimum absolute atomic E-state index is 0.128. The zero-order valence-electron chi connectivity index (χ0n) is 15.3. The third kappa shape index (κ3) is 4.31. The molecule has 1 aliphatic carbocycles. The van der Waals surface area contributed by atoms with Gasteiger partial charge in [-0.05, 0) is 37.5 Å². The van der Waals surface area contributed by atoms with Crippen molar-refractivity contribution in [3.8, 4) is 0 Å². The number of rotatable bonds is 6. The summed E-state index contributed by atoms with van der Waals surface area (Å²) in [5.41, 5.74) is 2.60. The van der Waals surface area contributed by atoms with Crippen LogP contribution in [0, 0.1) is 6.92 Å². The Balaban J connectivity index is 1.70. The van der Waals surface area contributed by atoms with Crippen molar-refractivity contribution in [2.75, 3.05) is 4.90 Å². The van der Waals surface area contributed by atoms with E-state index < -0.39 is 0 Å². The molecule has 0 saturated heterocycles. The lowest BCUT2D eigenvalue weighted by atomic mass is 10.2. The van der Waals surface area contributed by atoms with Gasteiger partial charge in [-0.25, -0.2) is 9.97 Å². The highest BCUT2D eigenvalue weighted by molar-refractivity contribution is 5.93. The van der Waals surface area contributed by atoms with Gasteiger partial charge in [0.15, 0.2) is 0 Å². The Bertz CT molecular complexity index is 924. The Morgan fingerprint density at radius 2 is 1.70 bits per heavy atom. The molecule has 1 aliphatic rings. The van der Waals surface area contributed by atoms with E-state index in [1.807, 2.05) is 55.5 Å². The van der Waals surface area contributed by atoms with Gasteiger partial charge in [-0.3, -0.25) is 4.79 Å². The van der Waals surface area contributed by atoms with Gasteiger partial charge < -0.3 is 10.2 Å². The molecule has 0 spiro atoms. The number of nitrogens with one attached hydrogen (secondary N) is 1. The van der Waals surface area contributed by atoms with E-state index in [4.69, 9.17) is 0 Å². The molecule has 1 heterocycles. The summed E-state index contributed by atoms with van der Waals surface area (Å²) in [6, 6.07) is 22.4. The van der Waals surface area contributed by atoms with Gasteiger partial charge in [-0.15, -0.1) is 0 Å². The van der Waals surface area contributed by atoms with E-state index in [9.17, 15) is 4.79 Å². The van der Waals surface area contributed by atoms with Crippen LogP contribution in [0.1, 0.15) is 34.7 Å². The molecule has 5 heteroatoms. The van der Waals surface area contributed by atoms with Crippen molar-refractivity contribution in [2.24, 2.45) is 0 Å². The molecule has 5 nitrogen and oxygen atoms in total. The minimum Gasteiger partial charge on any atom is -0.348 e. The predicted octanol–water partition coefficient (Wildman–Crippen LogP) is 4.02. The van der Waals surface area contributed by atoms with Gasteiger partial charge >= 0.3 is 0 Å². The average molecular weight is 358 g/mol. The van der Waals surface area contributed by atoms with Gasteiger partial charge in [0.05, 0.1) is 0 Å². The van der Waals surface area contributed by atoms with Crippen LogP contribution in [0.25, 0.3) is 0 Å². The molecule has 2 aromatic carbocycles. The van der Waals surface area contributed by atoms with Crippen molar-refractivity contribution < 1.29 is 4.79 Å². The molecular weight excluding hydrogens is 336 g/mol. The van der Waals surface area contributed by atoms with Crippen LogP contribution in [0.2, 0.25) is 0 Å². The van der Waals surface area contributed by atoms with Crippen LogP contribution in [0.3, 0.4) is 0 Å². The zero-order chi connectivity index (χ0) is 18.6. The van der Waals surface area contributed by atoms with E-state index in [0.717, 1.165) is 24.3 Å². The predicted molar refractivity (Wildman–Crippen MR) is 106 cm³/mol. The smallest absolute Gasteiger partial charge is 0.270 e.